The molecule has 1 saturated heterocycles. The van der Waals surface area contributed by atoms with Gasteiger partial charge in [0, 0.05) is 32.5 Å². The van der Waals surface area contributed by atoms with E-state index >= 15 is 0 Å². The molecule has 1 fully saturated rings. The van der Waals surface area contributed by atoms with Gasteiger partial charge in [-0.1, -0.05) is 29.4 Å². The van der Waals surface area contributed by atoms with E-state index in [2.05, 4.69) is 19.9 Å². The largest absolute Gasteiger partial charge is 0.573 e. The predicted octanol–water partition coefficient (Wildman–Crippen LogP) is 4.85. The Morgan fingerprint density at radius 2 is 1.38 bits per heavy atom. The van der Waals surface area contributed by atoms with Crippen LogP contribution < -0.4 is 4.74 Å². The first-order chi connectivity index (χ1) is 18.7. The van der Waals surface area contributed by atoms with E-state index in [1.54, 1.807) is 26.5 Å². The third-order valence-electron chi connectivity index (χ3n) is 6.17. The van der Waals surface area contributed by atoms with Crippen LogP contribution in [0, 0.1) is 0 Å². The summed E-state index contributed by atoms with van der Waals surface area (Å²) < 4.78 is 63.6. The molecule has 9 nitrogen and oxygen atoms in total. The summed E-state index contributed by atoms with van der Waals surface area (Å²) in [5.74, 6) is -0.304. The zero-order valence-corrected chi connectivity index (χ0v) is 21.7. The van der Waals surface area contributed by atoms with Gasteiger partial charge in [-0.3, -0.25) is 0 Å². The normalized spacial score (nSPS) is 23.6. The fourth-order valence-corrected chi connectivity index (χ4v) is 4.29. The molecule has 1 aliphatic rings. The summed E-state index contributed by atoms with van der Waals surface area (Å²) in [6.07, 6.45) is -4.15. The zero-order valence-electron chi connectivity index (χ0n) is 21.7. The Balaban J connectivity index is 1.41. The fraction of sp³-hybridized carbons (Fsp3) is 0.370. The number of aromatic nitrogens is 2. The van der Waals surface area contributed by atoms with Crippen LogP contribution in [0.15, 0.2) is 66.1 Å². The van der Waals surface area contributed by atoms with Crippen molar-refractivity contribution in [2.45, 2.75) is 44.0 Å². The number of halogens is 3. The second-order valence-electron chi connectivity index (χ2n) is 8.63. The smallest absolute Gasteiger partial charge is 0.406 e. The molecule has 4 rings (SSSR count). The number of alkyl halides is 3. The molecule has 39 heavy (non-hydrogen) atoms. The molecule has 0 amide bonds. The SMILES string of the molecule is CO[C@@H]1[C@@H](OC)[C@H](C)O[C@@H](O/N=C/c2ccc(-c3cc(-c4ccc(OC(F)(F)F)cc4)ncn3)cc2)[C@@H]1OC. The van der Waals surface area contributed by atoms with Gasteiger partial charge in [0.25, 0.3) is 6.29 Å². The monoisotopic (exact) mass is 547 g/mol. The number of hydrogen-bond acceptors (Lipinski definition) is 9. The molecule has 2 heterocycles. The van der Waals surface area contributed by atoms with Crippen molar-refractivity contribution in [3.8, 4) is 28.3 Å². The molecular formula is C27H28F3N3O6. The van der Waals surface area contributed by atoms with Crippen LogP contribution >= 0.6 is 0 Å². The van der Waals surface area contributed by atoms with Crippen molar-refractivity contribution in [1.29, 1.82) is 0 Å². The molecule has 1 aromatic heterocycles. The Bertz CT molecular complexity index is 1240. The summed E-state index contributed by atoms with van der Waals surface area (Å²) in [5.41, 5.74) is 3.39. The second-order valence-corrected chi connectivity index (χ2v) is 8.63. The molecule has 3 aromatic rings. The van der Waals surface area contributed by atoms with Crippen LogP contribution in [0.25, 0.3) is 22.5 Å². The lowest BCUT2D eigenvalue weighted by Crippen LogP contribution is -2.59. The lowest BCUT2D eigenvalue weighted by Gasteiger charge is -2.42. The topological polar surface area (TPSA) is 93.5 Å². The summed E-state index contributed by atoms with van der Waals surface area (Å²) >= 11 is 0. The van der Waals surface area contributed by atoms with Gasteiger partial charge in [0.2, 0.25) is 0 Å². The maximum atomic E-state index is 12.4. The molecule has 208 valence electrons. The molecule has 5 atom stereocenters. The van der Waals surface area contributed by atoms with Gasteiger partial charge in [0.15, 0.2) is 6.10 Å². The summed E-state index contributed by atoms with van der Waals surface area (Å²) in [4.78, 5) is 14.1. The average Bonchev–Trinajstić information content (AvgIpc) is 2.92. The third-order valence-corrected chi connectivity index (χ3v) is 6.17. The van der Waals surface area contributed by atoms with Gasteiger partial charge in [0.1, 0.15) is 24.3 Å². The van der Waals surface area contributed by atoms with Crippen LogP contribution in [0.5, 0.6) is 5.75 Å². The van der Waals surface area contributed by atoms with Crippen molar-refractivity contribution in [1.82, 2.24) is 9.97 Å². The third kappa shape index (κ3) is 7.09. The minimum atomic E-state index is -4.75. The Kier molecular flexibility index (Phi) is 9.12. The fourth-order valence-electron chi connectivity index (χ4n) is 4.29. The lowest BCUT2D eigenvalue weighted by molar-refractivity contribution is -0.305. The molecule has 0 spiro atoms. The van der Waals surface area contributed by atoms with Gasteiger partial charge in [-0.25, -0.2) is 9.97 Å². The summed E-state index contributed by atoms with van der Waals surface area (Å²) in [7, 11) is 4.70. The average molecular weight is 548 g/mol. The summed E-state index contributed by atoms with van der Waals surface area (Å²) in [6, 6.07) is 14.6. The molecule has 2 aromatic carbocycles. The van der Waals surface area contributed by atoms with E-state index in [1.807, 2.05) is 31.2 Å². The van der Waals surface area contributed by atoms with E-state index in [4.69, 9.17) is 23.8 Å². The lowest BCUT2D eigenvalue weighted by atomic mass is 9.99. The number of ether oxygens (including phenoxy) is 5. The zero-order chi connectivity index (χ0) is 28.0. The van der Waals surface area contributed by atoms with Gasteiger partial charge in [-0.2, -0.15) is 0 Å². The number of oxime groups is 1. The van der Waals surface area contributed by atoms with E-state index in [1.165, 1.54) is 37.7 Å². The summed E-state index contributed by atoms with van der Waals surface area (Å²) in [5, 5.41) is 4.07. The Hall–Kier alpha value is -3.58. The van der Waals surface area contributed by atoms with Gasteiger partial charge < -0.3 is 28.5 Å². The van der Waals surface area contributed by atoms with Crippen LogP contribution in [-0.4, -0.2) is 74.6 Å². The Morgan fingerprint density at radius 3 is 1.92 bits per heavy atom. The Labute approximate surface area is 223 Å². The van der Waals surface area contributed by atoms with Gasteiger partial charge >= 0.3 is 6.36 Å². The van der Waals surface area contributed by atoms with E-state index in [-0.39, 0.29) is 18.0 Å². The minimum absolute atomic E-state index is 0.297. The number of hydrogen-bond donors (Lipinski definition) is 0. The molecule has 0 N–H and O–H groups in total. The van der Waals surface area contributed by atoms with Gasteiger partial charge in [-0.05, 0) is 42.8 Å². The molecule has 0 aliphatic carbocycles. The molecule has 0 bridgehead atoms. The van der Waals surface area contributed by atoms with E-state index in [9.17, 15) is 13.2 Å². The molecule has 0 saturated carbocycles. The van der Waals surface area contributed by atoms with Crippen molar-refractivity contribution in [3.63, 3.8) is 0 Å². The number of nitrogens with zero attached hydrogens (tertiary/aromatic N) is 3. The van der Waals surface area contributed by atoms with Crippen molar-refractivity contribution in [3.05, 3.63) is 66.5 Å². The van der Waals surface area contributed by atoms with E-state index in [0.29, 0.717) is 17.0 Å². The molecule has 0 radical (unpaired) electrons. The van der Waals surface area contributed by atoms with Crippen LogP contribution in [0.4, 0.5) is 13.2 Å². The predicted molar refractivity (Wildman–Crippen MR) is 135 cm³/mol. The standard InChI is InChI=1S/C27H28F3N3O6/c1-16-23(34-2)24(35-3)25(36-4)26(37-16)39-33-14-17-5-7-18(8-6-17)21-13-22(32-15-31-21)19-9-11-20(12-10-19)38-27(28,29)30/h5-16,23-26H,1-4H3/b33-14+/t16-,23-,24+,25+,26-/m0/s1. The van der Waals surface area contributed by atoms with Crippen molar-refractivity contribution in [2.75, 3.05) is 21.3 Å². The molecule has 1 aliphatic heterocycles. The van der Waals surface area contributed by atoms with E-state index in [0.717, 1.165) is 11.1 Å². The number of benzene rings is 2. The summed E-state index contributed by atoms with van der Waals surface area (Å²) in [6.45, 7) is 1.86. The highest BCUT2D eigenvalue weighted by atomic mass is 19.4. The first-order valence-electron chi connectivity index (χ1n) is 11.9. The number of methoxy groups -OCH3 is 3. The van der Waals surface area contributed by atoms with Crippen molar-refractivity contribution < 1.29 is 41.7 Å². The van der Waals surface area contributed by atoms with Crippen LogP contribution in [-0.2, 0) is 23.8 Å². The molecular weight excluding hydrogens is 519 g/mol. The van der Waals surface area contributed by atoms with Crippen LogP contribution in [0.2, 0.25) is 0 Å². The number of rotatable bonds is 9. The highest BCUT2D eigenvalue weighted by Crippen LogP contribution is 2.29. The maximum Gasteiger partial charge on any atom is 0.573 e. The van der Waals surface area contributed by atoms with Crippen LogP contribution in [0.1, 0.15) is 12.5 Å². The van der Waals surface area contributed by atoms with Crippen molar-refractivity contribution in [2.24, 2.45) is 5.16 Å². The highest BCUT2D eigenvalue weighted by Gasteiger charge is 2.46. The van der Waals surface area contributed by atoms with Crippen molar-refractivity contribution >= 4 is 6.21 Å². The first kappa shape index (κ1) is 28.4. The first-order valence-corrected chi connectivity index (χ1v) is 11.9. The van der Waals surface area contributed by atoms with Gasteiger partial charge in [-0.15, -0.1) is 13.2 Å². The van der Waals surface area contributed by atoms with Crippen LogP contribution in [0.3, 0.4) is 0 Å². The molecule has 12 heteroatoms. The van der Waals surface area contributed by atoms with Gasteiger partial charge in [0.05, 0.1) is 23.7 Å². The Morgan fingerprint density at radius 1 is 0.821 bits per heavy atom. The maximum absolute atomic E-state index is 12.4. The van der Waals surface area contributed by atoms with E-state index < -0.39 is 24.9 Å². The minimum Gasteiger partial charge on any atom is -0.406 e. The highest BCUT2D eigenvalue weighted by molar-refractivity contribution is 5.80. The molecule has 0 unspecified atom stereocenters. The quantitative estimate of drug-likeness (QED) is 0.277. The second kappa shape index (κ2) is 12.5.